The number of para-hydroxylation sites is 1. The van der Waals surface area contributed by atoms with Crippen LogP contribution in [0.1, 0.15) is 26.2 Å². The lowest BCUT2D eigenvalue weighted by Gasteiger charge is -2.45. The molecule has 0 aromatic heterocycles. The quantitative estimate of drug-likeness (QED) is 0.916. The molecule has 3 rings (SSSR count). The van der Waals surface area contributed by atoms with Crippen molar-refractivity contribution in [1.82, 2.24) is 4.90 Å². The number of anilines is 1. The van der Waals surface area contributed by atoms with Gasteiger partial charge < -0.3 is 10.6 Å². The van der Waals surface area contributed by atoms with Crippen LogP contribution in [0, 0.1) is 5.82 Å². The van der Waals surface area contributed by atoms with Crippen molar-refractivity contribution in [2.45, 2.75) is 37.8 Å². The lowest BCUT2D eigenvalue weighted by atomic mass is 9.86. The number of fused-ring (bicyclic) bond motifs is 1. The first-order valence-corrected chi connectivity index (χ1v) is 7.69. The molecule has 2 unspecified atom stereocenters. The zero-order valence-corrected chi connectivity index (χ0v) is 12.2. The van der Waals surface area contributed by atoms with Gasteiger partial charge in [-0.3, -0.25) is 4.90 Å². The molecule has 0 amide bonds. The van der Waals surface area contributed by atoms with E-state index < -0.39 is 0 Å². The summed E-state index contributed by atoms with van der Waals surface area (Å²) in [5, 5.41) is 0. The summed E-state index contributed by atoms with van der Waals surface area (Å²) in [6.45, 7) is 5.74. The second-order valence-electron chi connectivity index (χ2n) is 5.95. The Balaban J connectivity index is 2.00. The van der Waals surface area contributed by atoms with Gasteiger partial charge in [-0.2, -0.15) is 0 Å². The molecule has 0 saturated carbocycles. The molecule has 0 spiro atoms. The van der Waals surface area contributed by atoms with Crippen molar-refractivity contribution in [2.24, 2.45) is 5.73 Å². The van der Waals surface area contributed by atoms with Crippen molar-refractivity contribution in [3.8, 4) is 0 Å². The SMILES string of the molecule is CCN(c1ccccc1F)C1(CN)CCN2CCCC21. The Morgan fingerprint density at radius 3 is 2.90 bits per heavy atom. The first-order chi connectivity index (χ1) is 9.73. The van der Waals surface area contributed by atoms with Crippen LogP contribution in [0.5, 0.6) is 0 Å². The Bertz CT molecular complexity index is 479. The summed E-state index contributed by atoms with van der Waals surface area (Å²) in [5.74, 6) is -0.140. The summed E-state index contributed by atoms with van der Waals surface area (Å²) >= 11 is 0. The molecule has 2 aliphatic heterocycles. The van der Waals surface area contributed by atoms with E-state index >= 15 is 0 Å². The first-order valence-electron chi connectivity index (χ1n) is 7.69. The molecule has 4 heteroatoms. The van der Waals surface area contributed by atoms with Gasteiger partial charge in [0.05, 0.1) is 11.2 Å². The van der Waals surface area contributed by atoms with Gasteiger partial charge in [0, 0.05) is 25.7 Å². The van der Waals surface area contributed by atoms with Crippen LogP contribution in [0.15, 0.2) is 24.3 Å². The minimum absolute atomic E-state index is 0.104. The lowest BCUT2D eigenvalue weighted by Crippen LogP contribution is -2.60. The van der Waals surface area contributed by atoms with Crippen LogP contribution >= 0.6 is 0 Å². The summed E-state index contributed by atoms with van der Waals surface area (Å²) in [6, 6.07) is 7.56. The van der Waals surface area contributed by atoms with E-state index in [-0.39, 0.29) is 11.4 Å². The van der Waals surface area contributed by atoms with E-state index in [1.165, 1.54) is 19.4 Å². The average molecular weight is 277 g/mol. The zero-order chi connectivity index (χ0) is 14.2. The highest BCUT2D eigenvalue weighted by Gasteiger charge is 2.51. The Labute approximate surface area is 120 Å². The van der Waals surface area contributed by atoms with Crippen molar-refractivity contribution < 1.29 is 4.39 Å². The maximum absolute atomic E-state index is 14.2. The van der Waals surface area contributed by atoms with Crippen LogP contribution in [0.25, 0.3) is 0 Å². The van der Waals surface area contributed by atoms with Gasteiger partial charge in [0.1, 0.15) is 5.82 Å². The molecule has 3 nitrogen and oxygen atoms in total. The number of halogens is 1. The third-order valence-corrected chi connectivity index (χ3v) is 5.17. The monoisotopic (exact) mass is 277 g/mol. The summed E-state index contributed by atoms with van der Waals surface area (Å²) in [6.07, 6.45) is 3.46. The van der Waals surface area contributed by atoms with E-state index in [0.29, 0.717) is 18.3 Å². The molecule has 2 atom stereocenters. The third kappa shape index (κ3) is 1.93. The maximum Gasteiger partial charge on any atom is 0.146 e. The van der Waals surface area contributed by atoms with Gasteiger partial charge in [-0.05, 0) is 44.9 Å². The largest absolute Gasteiger partial charge is 0.361 e. The fraction of sp³-hybridized carbons (Fsp3) is 0.625. The predicted molar refractivity (Wildman–Crippen MR) is 80.4 cm³/mol. The summed E-state index contributed by atoms with van der Waals surface area (Å²) < 4.78 is 14.2. The Hall–Kier alpha value is -1.13. The molecule has 2 N–H and O–H groups in total. The maximum atomic E-state index is 14.2. The minimum atomic E-state index is -0.140. The van der Waals surface area contributed by atoms with Crippen LogP contribution in [-0.2, 0) is 0 Å². The van der Waals surface area contributed by atoms with Gasteiger partial charge in [0.15, 0.2) is 0 Å². The molecule has 2 heterocycles. The highest BCUT2D eigenvalue weighted by atomic mass is 19.1. The summed E-state index contributed by atoms with van der Waals surface area (Å²) in [4.78, 5) is 4.76. The second kappa shape index (κ2) is 5.34. The number of benzene rings is 1. The van der Waals surface area contributed by atoms with E-state index in [0.717, 1.165) is 19.5 Å². The van der Waals surface area contributed by atoms with Gasteiger partial charge in [-0.25, -0.2) is 4.39 Å². The summed E-state index contributed by atoms with van der Waals surface area (Å²) in [5.41, 5.74) is 6.80. The smallest absolute Gasteiger partial charge is 0.146 e. The highest BCUT2D eigenvalue weighted by Crippen LogP contribution is 2.42. The van der Waals surface area contributed by atoms with Crippen molar-refractivity contribution in [1.29, 1.82) is 0 Å². The van der Waals surface area contributed by atoms with E-state index in [9.17, 15) is 4.39 Å². The Morgan fingerprint density at radius 2 is 2.20 bits per heavy atom. The molecule has 1 aromatic rings. The van der Waals surface area contributed by atoms with Crippen LogP contribution in [0.2, 0.25) is 0 Å². The molecule has 2 aliphatic rings. The topological polar surface area (TPSA) is 32.5 Å². The number of hydrogen-bond donors (Lipinski definition) is 1. The number of nitrogens with zero attached hydrogens (tertiary/aromatic N) is 2. The number of rotatable bonds is 4. The molecular weight excluding hydrogens is 253 g/mol. The van der Waals surface area contributed by atoms with E-state index in [4.69, 9.17) is 5.73 Å². The van der Waals surface area contributed by atoms with Gasteiger partial charge in [-0.1, -0.05) is 12.1 Å². The molecular formula is C16H24FN3. The second-order valence-corrected chi connectivity index (χ2v) is 5.95. The van der Waals surface area contributed by atoms with E-state index in [1.54, 1.807) is 12.1 Å². The lowest BCUT2D eigenvalue weighted by molar-refractivity contribution is 0.256. The molecule has 0 bridgehead atoms. The van der Waals surface area contributed by atoms with Gasteiger partial charge in [0.25, 0.3) is 0 Å². The van der Waals surface area contributed by atoms with Crippen molar-refractivity contribution >= 4 is 5.69 Å². The Morgan fingerprint density at radius 1 is 1.40 bits per heavy atom. The zero-order valence-electron chi connectivity index (χ0n) is 12.2. The van der Waals surface area contributed by atoms with E-state index in [1.807, 2.05) is 12.1 Å². The standard InChI is InChI=1S/C16H24FN3/c1-2-20(14-7-4-3-6-13(14)17)16(12-18)9-11-19-10-5-8-15(16)19/h3-4,6-7,15H,2,5,8-12,18H2,1H3. The molecule has 2 fully saturated rings. The third-order valence-electron chi connectivity index (χ3n) is 5.17. The van der Waals surface area contributed by atoms with Crippen molar-refractivity contribution in [3.05, 3.63) is 30.1 Å². The normalized spacial score (nSPS) is 29.6. The van der Waals surface area contributed by atoms with Gasteiger partial charge in [0.2, 0.25) is 0 Å². The fourth-order valence-electron chi connectivity index (χ4n) is 4.27. The van der Waals surface area contributed by atoms with Crippen LogP contribution < -0.4 is 10.6 Å². The number of hydrogen-bond acceptors (Lipinski definition) is 3. The first kappa shape index (κ1) is 13.8. The van der Waals surface area contributed by atoms with Crippen LogP contribution in [0.3, 0.4) is 0 Å². The van der Waals surface area contributed by atoms with E-state index in [2.05, 4.69) is 16.7 Å². The van der Waals surface area contributed by atoms with Crippen molar-refractivity contribution in [2.75, 3.05) is 31.1 Å². The van der Waals surface area contributed by atoms with Gasteiger partial charge in [-0.15, -0.1) is 0 Å². The summed E-state index contributed by atoms with van der Waals surface area (Å²) in [7, 11) is 0. The van der Waals surface area contributed by atoms with Crippen LogP contribution in [0.4, 0.5) is 10.1 Å². The van der Waals surface area contributed by atoms with Crippen LogP contribution in [-0.4, -0.2) is 42.7 Å². The molecule has 2 saturated heterocycles. The molecule has 1 aromatic carbocycles. The minimum Gasteiger partial charge on any atom is -0.361 e. The molecule has 20 heavy (non-hydrogen) atoms. The van der Waals surface area contributed by atoms with Gasteiger partial charge >= 0.3 is 0 Å². The molecule has 0 radical (unpaired) electrons. The average Bonchev–Trinajstić information content (AvgIpc) is 3.05. The molecule has 110 valence electrons. The fourth-order valence-corrected chi connectivity index (χ4v) is 4.27. The van der Waals surface area contributed by atoms with Crippen molar-refractivity contribution in [3.63, 3.8) is 0 Å². The Kier molecular flexibility index (Phi) is 3.69. The molecule has 0 aliphatic carbocycles. The predicted octanol–water partition coefficient (Wildman–Crippen LogP) is 2.22. The highest BCUT2D eigenvalue weighted by molar-refractivity contribution is 5.52. The number of likely N-dealkylation sites (N-methyl/N-ethyl adjacent to an activating group) is 1. The number of nitrogens with two attached hydrogens (primary N) is 1.